The number of anilines is 1. The van der Waals surface area contributed by atoms with Crippen molar-refractivity contribution in [2.24, 2.45) is 0 Å². The molecule has 0 aliphatic carbocycles. The van der Waals surface area contributed by atoms with E-state index in [4.69, 9.17) is 4.74 Å². The summed E-state index contributed by atoms with van der Waals surface area (Å²) in [6.45, 7) is 2.05. The Balaban J connectivity index is 1.80. The van der Waals surface area contributed by atoms with Crippen LogP contribution in [0.4, 0.5) is 10.5 Å². The van der Waals surface area contributed by atoms with E-state index in [0.29, 0.717) is 11.4 Å². The van der Waals surface area contributed by atoms with Crippen LogP contribution in [0.2, 0.25) is 0 Å². The molecule has 0 saturated carbocycles. The van der Waals surface area contributed by atoms with Crippen molar-refractivity contribution < 1.29 is 9.53 Å². The number of carbonyl (C=O) groups is 1. The number of urea groups is 1. The number of hydrogen-bond acceptors (Lipinski definition) is 3. The van der Waals surface area contributed by atoms with Crippen molar-refractivity contribution in [1.29, 1.82) is 0 Å². The zero-order chi connectivity index (χ0) is 17.6. The maximum Gasteiger partial charge on any atom is 0.320 e. The summed E-state index contributed by atoms with van der Waals surface area (Å²) < 4.78 is 5.28. The molecule has 3 aromatic rings. The molecule has 1 unspecified atom stereocenters. The predicted octanol–water partition coefficient (Wildman–Crippen LogP) is 4.98. The fourth-order valence-electron chi connectivity index (χ4n) is 2.57. The smallest absolute Gasteiger partial charge is 0.320 e. The zero-order valence-electron chi connectivity index (χ0n) is 14.2. The Labute approximate surface area is 151 Å². The first-order valence-corrected chi connectivity index (χ1v) is 8.86. The molecule has 2 aromatic carbocycles. The van der Waals surface area contributed by atoms with Gasteiger partial charge in [0.1, 0.15) is 5.75 Å². The summed E-state index contributed by atoms with van der Waals surface area (Å²) in [6, 6.07) is 19.1. The van der Waals surface area contributed by atoms with Crippen LogP contribution in [-0.4, -0.2) is 13.1 Å². The third kappa shape index (κ3) is 4.19. The van der Waals surface area contributed by atoms with Crippen LogP contribution < -0.4 is 15.4 Å². The van der Waals surface area contributed by atoms with Gasteiger partial charge < -0.3 is 15.4 Å². The van der Waals surface area contributed by atoms with Gasteiger partial charge in [-0.3, -0.25) is 0 Å². The first kappa shape index (κ1) is 17.0. The number of ether oxygens (including phenoxy) is 1. The molecular formula is C20H20N2O2S. The van der Waals surface area contributed by atoms with Crippen LogP contribution in [0, 0.1) is 6.92 Å². The molecule has 0 aliphatic heterocycles. The average Bonchev–Trinajstić information content (AvgIpc) is 3.15. The number of aryl methyl sites for hydroxylation is 1. The SMILES string of the molecule is COc1ccccc1NC(=O)NC(c1ccc(C)cc1)c1cccs1. The lowest BCUT2D eigenvalue weighted by Gasteiger charge is -2.19. The van der Waals surface area contributed by atoms with Gasteiger partial charge in [0.25, 0.3) is 0 Å². The van der Waals surface area contributed by atoms with Crippen LogP contribution >= 0.6 is 11.3 Å². The molecule has 0 spiro atoms. The Bertz CT molecular complexity index is 829. The number of carbonyl (C=O) groups excluding carboxylic acids is 1. The van der Waals surface area contributed by atoms with E-state index in [9.17, 15) is 4.79 Å². The van der Waals surface area contributed by atoms with E-state index >= 15 is 0 Å². The van der Waals surface area contributed by atoms with Crippen molar-refractivity contribution in [2.75, 3.05) is 12.4 Å². The van der Waals surface area contributed by atoms with Crippen molar-refractivity contribution in [3.8, 4) is 5.75 Å². The van der Waals surface area contributed by atoms with E-state index < -0.39 is 0 Å². The number of para-hydroxylation sites is 2. The molecule has 0 radical (unpaired) electrons. The number of thiophene rings is 1. The van der Waals surface area contributed by atoms with E-state index in [1.807, 2.05) is 60.8 Å². The molecular weight excluding hydrogens is 332 g/mol. The highest BCUT2D eigenvalue weighted by atomic mass is 32.1. The minimum absolute atomic E-state index is 0.199. The van der Waals surface area contributed by atoms with Crippen LogP contribution in [0.25, 0.3) is 0 Å². The van der Waals surface area contributed by atoms with Crippen molar-refractivity contribution >= 4 is 23.1 Å². The van der Waals surface area contributed by atoms with Gasteiger partial charge in [0.05, 0.1) is 18.8 Å². The monoisotopic (exact) mass is 352 g/mol. The molecule has 2 amide bonds. The molecule has 128 valence electrons. The van der Waals surface area contributed by atoms with Gasteiger partial charge in [-0.15, -0.1) is 11.3 Å². The van der Waals surface area contributed by atoms with Crippen LogP contribution in [-0.2, 0) is 0 Å². The molecule has 3 rings (SSSR count). The van der Waals surface area contributed by atoms with Gasteiger partial charge in [-0.2, -0.15) is 0 Å². The summed E-state index contributed by atoms with van der Waals surface area (Å²) in [5.41, 5.74) is 2.87. The van der Waals surface area contributed by atoms with E-state index in [-0.39, 0.29) is 12.1 Å². The maximum absolute atomic E-state index is 12.6. The molecule has 4 nitrogen and oxygen atoms in total. The summed E-state index contributed by atoms with van der Waals surface area (Å²) in [5, 5.41) is 7.93. The lowest BCUT2D eigenvalue weighted by Crippen LogP contribution is -2.33. The Morgan fingerprint density at radius 1 is 1.04 bits per heavy atom. The topological polar surface area (TPSA) is 50.4 Å². The van der Waals surface area contributed by atoms with Gasteiger partial charge in [-0.25, -0.2) is 4.79 Å². The summed E-state index contributed by atoms with van der Waals surface area (Å²) >= 11 is 1.62. The molecule has 0 bridgehead atoms. The van der Waals surface area contributed by atoms with Gasteiger partial charge in [0.2, 0.25) is 0 Å². The molecule has 0 aliphatic rings. The van der Waals surface area contributed by atoms with Gasteiger partial charge in [-0.05, 0) is 36.1 Å². The highest BCUT2D eigenvalue weighted by Gasteiger charge is 2.18. The summed E-state index contributed by atoms with van der Waals surface area (Å²) in [7, 11) is 1.58. The lowest BCUT2D eigenvalue weighted by atomic mass is 10.0. The summed E-state index contributed by atoms with van der Waals surface area (Å²) in [6.07, 6.45) is 0. The Morgan fingerprint density at radius 3 is 2.48 bits per heavy atom. The largest absolute Gasteiger partial charge is 0.495 e. The normalized spacial score (nSPS) is 11.6. The van der Waals surface area contributed by atoms with Crippen LogP contribution in [0.15, 0.2) is 66.0 Å². The predicted molar refractivity (Wildman–Crippen MR) is 102 cm³/mol. The van der Waals surface area contributed by atoms with Crippen LogP contribution in [0.1, 0.15) is 22.0 Å². The zero-order valence-corrected chi connectivity index (χ0v) is 15.0. The third-order valence-corrected chi connectivity index (χ3v) is 4.81. The molecule has 5 heteroatoms. The maximum atomic E-state index is 12.6. The van der Waals surface area contributed by atoms with Crippen LogP contribution in [0.3, 0.4) is 0 Å². The minimum Gasteiger partial charge on any atom is -0.495 e. The average molecular weight is 352 g/mol. The van der Waals surface area contributed by atoms with E-state index in [1.54, 1.807) is 18.4 Å². The number of benzene rings is 2. The van der Waals surface area contributed by atoms with Gasteiger partial charge in [0, 0.05) is 4.88 Å². The first-order valence-electron chi connectivity index (χ1n) is 7.98. The number of methoxy groups -OCH3 is 1. The second-order valence-corrected chi connectivity index (χ2v) is 6.64. The molecule has 2 N–H and O–H groups in total. The van der Waals surface area contributed by atoms with Gasteiger partial charge >= 0.3 is 6.03 Å². The Morgan fingerprint density at radius 2 is 1.80 bits per heavy atom. The molecule has 0 fully saturated rings. The number of hydrogen-bond donors (Lipinski definition) is 2. The molecule has 25 heavy (non-hydrogen) atoms. The Kier molecular flexibility index (Phi) is 5.36. The summed E-state index contributed by atoms with van der Waals surface area (Å²) in [4.78, 5) is 13.6. The first-order chi connectivity index (χ1) is 12.2. The highest BCUT2D eigenvalue weighted by Crippen LogP contribution is 2.27. The Hall–Kier alpha value is -2.79. The van der Waals surface area contributed by atoms with Crippen LogP contribution in [0.5, 0.6) is 5.75 Å². The lowest BCUT2D eigenvalue weighted by molar-refractivity contribution is 0.250. The molecule has 1 atom stereocenters. The fourth-order valence-corrected chi connectivity index (χ4v) is 3.37. The molecule has 1 heterocycles. The van der Waals surface area contributed by atoms with Gasteiger partial charge in [0.15, 0.2) is 0 Å². The van der Waals surface area contributed by atoms with Crippen molar-refractivity contribution in [3.63, 3.8) is 0 Å². The fraction of sp³-hybridized carbons (Fsp3) is 0.150. The third-order valence-electron chi connectivity index (χ3n) is 3.87. The number of amides is 2. The molecule has 0 saturated heterocycles. The van der Waals surface area contributed by atoms with Crippen molar-refractivity contribution in [1.82, 2.24) is 5.32 Å². The quantitative estimate of drug-likeness (QED) is 0.681. The van der Waals surface area contributed by atoms with Crippen molar-refractivity contribution in [2.45, 2.75) is 13.0 Å². The summed E-state index contributed by atoms with van der Waals surface area (Å²) in [5.74, 6) is 0.626. The van der Waals surface area contributed by atoms with E-state index in [2.05, 4.69) is 22.8 Å². The highest BCUT2D eigenvalue weighted by molar-refractivity contribution is 7.10. The van der Waals surface area contributed by atoms with Crippen molar-refractivity contribution in [3.05, 3.63) is 82.0 Å². The minimum atomic E-state index is -0.275. The molecule has 1 aromatic heterocycles. The number of nitrogens with one attached hydrogen (secondary N) is 2. The van der Waals surface area contributed by atoms with Gasteiger partial charge in [-0.1, -0.05) is 48.0 Å². The van der Waals surface area contributed by atoms with E-state index in [0.717, 1.165) is 10.4 Å². The second kappa shape index (κ2) is 7.85. The van der Waals surface area contributed by atoms with E-state index in [1.165, 1.54) is 5.56 Å². The second-order valence-electron chi connectivity index (χ2n) is 5.66. The standard InChI is InChI=1S/C20H20N2O2S/c1-14-9-11-15(12-10-14)19(18-8-5-13-25-18)22-20(23)21-16-6-3-4-7-17(16)24-2/h3-13,19H,1-2H3,(H2,21,22,23). The number of rotatable bonds is 5.